The van der Waals surface area contributed by atoms with E-state index in [1.807, 2.05) is 37.3 Å². The fourth-order valence-electron chi connectivity index (χ4n) is 2.45. The van der Waals surface area contributed by atoms with E-state index in [2.05, 4.69) is 20.6 Å². The minimum Gasteiger partial charge on any atom is -0.490 e. The monoisotopic (exact) mass is 396 g/mol. The fourth-order valence-corrected chi connectivity index (χ4v) is 3.15. The highest BCUT2D eigenvalue weighted by Crippen LogP contribution is 2.22. The summed E-state index contributed by atoms with van der Waals surface area (Å²) in [5.74, 6) is 0.257. The Kier molecular flexibility index (Phi) is 6.69. The van der Waals surface area contributed by atoms with Gasteiger partial charge in [0.1, 0.15) is 5.69 Å². The Hall–Kier alpha value is -3.26. The maximum absolute atomic E-state index is 12.4. The number of carbonyl (C=O) groups excluding carboxylic acids is 2. The van der Waals surface area contributed by atoms with Crippen LogP contribution in [0.15, 0.2) is 54.0 Å². The van der Waals surface area contributed by atoms with Crippen molar-refractivity contribution < 1.29 is 14.3 Å². The van der Waals surface area contributed by atoms with E-state index < -0.39 is 5.91 Å². The molecule has 3 aromatic rings. The van der Waals surface area contributed by atoms with Gasteiger partial charge < -0.3 is 15.4 Å². The second-order valence-electron chi connectivity index (χ2n) is 5.81. The number of anilines is 2. The second kappa shape index (κ2) is 9.61. The van der Waals surface area contributed by atoms with E-state index in [9.17, 15) is 9.59 Å². The molecule has 7 nitrogen and oxygen atoms in total. The van der Waals surface area contributed by atoms with Crippen molar-refractivity contribution >= 4 is 34.1 Å². The van der Waals surface area contributed by atoms with Crippen LogP contribution in [-0.2, 0) is 11.2 Å². The van der Waals surface area contributed by atoms with E-state index in [0.29, 0.717) is 36.1 Å². The van der Waals surface area contributed by atoms with Gasteiger partial charge in [-0.25, -0.2) is 9.97 Å². The quantitative estimate of drug-likeness (QED) is 0.605. The lowest BCUT2D eigenvalue weighted by Gasteiger charge is -2.08. The first-order valence-electron chi connectivity index (χ1n) is 8.84. The number of aryl methyl sites for hydroxylation is 1. The first-order valence-corrected chi connectivity index (χ1v) is 9.72. The lowest BCUT2D eigenvalue weighted by molar-refractivity contribution is -0.116. The van der Waals surface area contributed by atoms with Gasteiger partial charge in [0.05, 0.1) is 6.61 Å². The van der Waals surface area contributed by atoms with Crippen LogP contribution in [0.2, 0.25) is 0 Å². The van der Waals surface area contributed by atoms with Crippen molar-refractivity contribution in [2.45, 2.75) is 19.8 Å². The standard InChI is InChI=1S/C20H20N4O3S/c1-2-27-16-9-6-12-21-18(16)24-19(26)15-13-28-20(22-15)23-17(25)11-10-14-7-4-3-5-8-14/h3-9,12-13H,2,10-11H2,1H3,(H,21,24,26)(H,22,23,25). The Labute approximate surface area is 166 Å². The number of rotatable bonds is 8. The van der Waals surface area contributed by atoms with Crippen molar-refractivity contribution in [3.8, 4) is 5.75 Å². The zero-order chi connectivity index (χ0) is 19.8. The van der Waals surface area contributed by atoms with Gasteiger partial charge in [-0.3, -0.25) is 9.59 Å². The van der Waals surface area contributed by atoms with E-state index in [-0.39, 0.29) is 11.6 Å². The second-order valence-corrected chi connectivity index (χ2v) is 6.67. The number of hydrogen-bond donors (Lipinski definition) is 2. The zero-order valence-electron chi connectivity index (χ0n) is 15.3. The summed E-state index contributed by atoms with van der Waals surface area (Å²) in [4.78, 5) is 32.8. The summed E-state index contributed by atoms with van der Waals surface area (Å²) in [6.07, 6.45) is 2.56. The molecule has 0 fully saturated rings. The SMILES string of the molecule is CCOc1cccnc1NC(=O)c1csc(NC(=O)CCc2ccccc2)n1. The zero-order valence-corrected chi connectivity index (χ0v) is 16.2. The van der Waals surface area contributed by atoms with E-state index in [1.165, 1.54) is 11.3 Å². The molecule has 0 saturated heterocycles. The number of hydrogen-bond acceptors (Lipinski definition) is 6. The lowest BCUT2D eigenvalue weighted by atomic mass is 10.1. The third-order valence-electron chi connectivity index (χ3n) is 3.77. The Morgan fingerprint density at radius 3 is 2.71 bits per heavy atom. The van der Waals surface area contributed by atoms with Gasteiger partial charge >= 0.3 is 0 Å². The molecule has 1 aromatic carbocycles. The van der Waals surface area contributed by atoms with Gasteiger partial charge in [-0.2, -0.15) is 0 Å². The number of aromatic nitrogens is 2. The highest BCUT2D eigenvalue weighted by molar-refractivity contribution is 7.14. The van der Waals surface area contributed by atoms with Gasteiger partial charge in [-0.1, -0.05) is 30.3 Å². The molecule has 3 rings (SSSR count). The predicted octanol–water partition coefficient (Wildman–Crippen LogP) is 3.76. The van der Waals surface area contributed by atoms with Crippen LogP contribution in [0.1, 0.15) is 29.4 Å². The summed E-state index contributed by atoms with van der Waals surface area (Å²) in [5, 5.41) is 7.38. The van der Waals surface area contributed by atoms with Crippen LogP contribution in [0.5, 0.6) is 5.75 Å². The van der Waals surface area contributed by atoms with E-state index in [1.54, 1.807) is 23.7 Å². The molecule has 0 radical (unpaired) electrons. The highest BCUT2D eigenvalue weighted by atomic mass is 32.1. The largest absolute Gasteiger partial charge is 0.490 e. The van der Waals surface area contributed by atoms with Gasteiger partial charge in [0.25, 0.3) is 5.91 Å². The third-order valence-corrected chi connectivity index (χ3v) is 4.53. The number of pyridine rings is 1. The lowest BCUT2D eigenvalue weighted by Crippen LogP contribution is -2.15. The van der Waals surface area contributed by atoms with Gasteiger partial charge in [-0.05, 0) is 31.0 Å². The van der Waals surface area contributed by atoms with E-state index >= 15 is 0 Å². The smallest absolute Gasteiger partial charge is 0.276 e. The predicted molar refractivity (Wildman–Crippen MR) is 109 cm³/mol. The molecule has 0 unspecified atom stereocenters. The molecule has 2 aromatic heterocycles. The minimum atomic E-state index is -0.416. The van der Waals surface area contributed by atoms with Gasteiger partial charge in [0, 0.05) is 18.0 Å². The van der Waals surface area contributed by atoms with Crippen molar-refractivity contribution in [1.29, 1.82) is 0 Å². The number of nitrogens with one attached hydrogen (secondary N) is 2. The van der Waals surface area contributed by atoms with Crippen LogP contribution in [0, 0.1) is 0 Å². The summed E-state index contributed by atoms with van der Waals surface area (Å²) in [6.45, 7) is 2.32. The number of carbonyl (C=O) groups is 2. The molecule has 8 heteroatoms. The molecule has 28 heavy (non-hydrogen) atoms. The van der Waals surface area contributed by atoms with Crippen LogP contribution >= 0.6 is 11.3 Å². The molecule has 0 aliphatic carbocycles. The summed E-state index contributed by atoms with van der Waals surface area (Å²) in [5.41, 5.74) is 1.30. The summed E-state index contributed by atoms with van der Waals surface area (Å²) in [7, 11) is 0. The van der Waals surface area contributed by atoms with E-state index in [0.717, 1.165) is 5.56 Å². The Morgan fingerprint density at radius 1 is 1.11 bits per heavy atom. The molecule has 2 heterocycles. The number of nitrogens with zero attached hydrogens (tertiary/aromatic N) is 2. The van der Waals surface area contributed by atoms with Crippen LogP contribution < -0.4 is 15.4 Å². The van der Waals surface area contributed by atoms with Crippen molar-refractivity contribution in [2.24, 2.45) is 0 Å². The number of benzene rings is 1. The molecule has 0 aliphatic rings. The van der Waals surface area contributed by atoms with Gasteiger partial charge in [0.2, 0.25) is 5.91 Å². The minimum absolute atomic E-state index is 0.145. The van der Waals surface area contributed by atoms with E-state index in [4.69, 9.17) is 4.74 Å². The first kappa shape index (κ1) is 19.5. The van der Waals surface area contributed by atoms with Crippen molar-refractivity contribution in [2.75, 3.05) is 17.2 Å². The van der Waals surface area contributed by atoms with Crippen molar-refractivity contribution in [3.63, 3.8) is 0 Å². The molecular formula is C20H20N4O3S. The molecule has 0 aliphatic heterocycles. The molecule has 0 saturated carbocycles. The number of amides is 2. The first-order chi connectivity index (χ1) is 13.7. The molecule has 2 amide bonds. The average Bonchev–Trinajstić information content (AvgIpc) is 3.17. The van der Waals surface area contributed by atoms with Crippen LogP contribution in [0.3, 0.4) is 0 Å². The fraction of sp³-hybridized carbons (Fsp3) is 0.200. The molecule has 0 bridgehead atoms. The Bertz CT molecular complexity index is 943. The molecule has 144 valence electrons. The summed E-state index contributed by atoms with van der Waals surface area (Å²) < 4.78 is 5.44. The highest BCUT2D eigenvalue weighted by Gasteiger charge is 2.15. The Morgan fingerprint density at radius 2 is 1.93 bits per heavy atom. The van der Waals surface area contributed by atoms with Gasteiger partial charge in [-0.15, -0.1) is 11.3 Å². The Balaban J connectivity index is 1.56. The molecule has 2 N–H and O–H groups in total. The van der Waals surface area contributed by atoms with Crippen LogP contribution in [0.25, 0.3) is 0 Å². The average molecular weight is 396 g/mol. The molecule has 0 spiro atoms. The maximum atomic E-state index is 12.4. The molecule has 0 atom stereocenters. The van der Waals surface area contributed by atoms with Crippen LogP contribution in [0.4, 0.5) is 10.9 Å². The topological polar surface area (TPSA) is 93.2 Å². The number of thiazole rings is 1. The normalized spacial score (nSPS) is 10.3. The third kappa shape index (κ3) is 5.37. The summed E-state index contributed by atoms with van der Waals surface area (Å²) >= 11 is 1.20. The molecular weight excluding hydrogens is 376 g/mol. The van der Waals surface area contributed by atoms with Gasteiger partial charge in [0.15, 0.2) is 16.7 Å². The maximum Gasteiger partial charge on any atom is 0.276 e. The van der Waals surface area contributed by atoms with Crippen LogP contribution in [-0.4, -0.2) is 28.4 Å². The number of ether oxygens (including phenoxy) is 1. The van der Waals surface area contributed by atoms with Crippen molar-refractivity contribution in [3.05, 3.63) is 65.3 Å². The summed E-state index contributed by atoms with van der Waals surface area (Å²) in [6, 6.07) is 13.2. The van der Waals surface area contributed by atoms with Crippen molar-refractivity contribution in [1.82, 2.24) is 9.97 Å².